The minimum Gasteiger partial charge on any atom is -0.398 e. The Kier molecular flexibility index (Phi) is 2.57. The van der Waals surface area contributed by atoms with Gasteiger partial charge in [-0.3, -0.25) is 4.79 Å². The molecule has 3 nitrogen and oxygen atoms in total. The highest BCUT2D eigenvalue weighted by atomic mass is 35.5. The van der Waals surface area contributed by atoms with Crippen LogP contribution in [-0.2, 0) is 0 Å². The van der Waals surface area contributed by atoms with Crippen LogP contribution in [0.1, 0.15) is 28.8 Å². The summed E-state index contributed by atoms with van der Waals surface area (Å²) in [7, 11) is 0. The fraction of sp³-hybridized carbons (Fsp3) is 0.364. The van der Waals surface area contributed by atoms with Crippen molar-refractivity contribution in [2.24, 2.45) is 0 Å². The van der Waals surface area contributed by atoms with Crippen molar-refractivity contribution in [3.63, 3.8) is 0 Å². The van der Waals surface area contributed by atoms with Gasteiger partial charge >= 0.3 is 0 Å². The summed E-state index contributed by atoms with van der Waals surface area (Å²) in [6.45, 7) is 1.83. The Morgan fingerprint density at radius 3 is 2.73 bits per heavy atom. The fourth-order valence-corrected chi connectivity index (χ4v) is 1.55. The number of carbonyl (C=O) groups is 1. The van der Waals surface area contributed by atoms with Crippen molar-refractivity contribution in [1.29, 1.82) is 0 Å². The number of rotatable bonds is 2. The van der Waals surface area contributed by atoms with Gasteiger partial charge in [0.05, 0.1) is 0 Å². The molecule has 0 aromatic heterocycles. The molecule has 4 heteroatoms. The third-order valence-corrected chi connectivity index (χ3v) is 2.95. The first kappa shape index (κ1) is 10.3. The van der Waals surface area contributed by atoms with E-state index in [0.717, 1.165) is 18.4 Å². The molecule has 1 fully saturated rings. The van der Waals surface area contributed by atoms with Gasteiger partial charge < -0.3 is 11.1 Å². The van der Waals surface area contributed by atoms with Crippen LogP contribution < -0.4 is 11.1 Å². The number of nitrogens with two attached hydrogens (primary N) is 1. The Labute approximate surface area is 93.6 Å². The van der Waals surface area contributed by atoms with Crippen LogP contribution in [0.4, 0.5) is 5.69 Å². The highest BCUT2D eigenvalue weighted by Gasteiger charge is 2.24. The maximum Gasteiger partial charge on any atom is 0.251 e. The zero-order valence-electron chi connectivity index (χ0n) is 8.51. The van der Waals surface area contributed by atoms with Gasteiger partial charge in [0.2, 0.25) is 0 Å². The molecule has 1 aliphatic rings. The molecule has 0 radical (unpaired) electrons. The summed E-state index contributed by atoms with van der Waals surface area (Å²) in [5, 5.41) is 3.43. The molecule has 15 heavy (non-hydrogen) atoms. The van der Waals surface area contributed by atoms with E-state index in [0.29, 0.717) is 22.3 Å². The van der Waals surface area contributed by atoms with Crippen LogP contribution in [0.3, 0.4) is 0 Å². The van der Waals surface area contributed by atoms with Crippen LogP contribution in [0, 0.1) is 6.92 Å². The fourth-order valence-electron chi connectivity index (χ4n) is 1.33. The molecular formula is C11H13ClN2O. The number of amides is 1. The van der Waals surface area contributed by atoms with E-state index in [1.165, 1.54) is 0 Å². The second-order valence-electron chi connectivity index (χ2n) is 3.92. The zero-order valence-corrected chi connectivity index (χ0v) is 9.27. The van der Waals surface area contributed by atoms with Crippen LogP contribution in [0.2, 0.25) is 5.02 Å². The number of hydrogen-bond donors (Lipinski definition) is 2. The third kappa shape index (κ3) is 2.23. The van der Waals surface area contributed by atoms with Gasteiger partial charge in [-0.2, -0.15) is 0 Å². The van der Waals surface area contributed by atoms with Gasteiger partial charge in [-0.05, 0) is 37.5 Å². The molecule has 0 saturated heterocycles. The zero-order chi connectivity index (χ0) is 11.0. The molecule has 0 spiro atoms. The van der Waals surface area contributed by atoms with E-state index in [1.807, 2.05) is 6.92 Å². The highest BCUT2D eigenvalue weighted by molar-refractivity contribution is 6.32. The van der Waals surface area contributed by atoms with E-state index >= 15 is 0 Å². The number of anilines is 1. The number of nitrogens with one attached hydrogen (secondary N) is 1. The molecule has 0 aliphatic heterocycles. The van der Waals surface area contributed by atoms with E-state index < -0.39 is 0 Å². The molecule has 2 rings (SSSR count). The van der Waals surface area contributed by atoms with Crippen LogP contribution in [-0.4, -0.2) is 11.9 Å². The molecule has 0 unspecified atom stereocenters. The molecule has 1 amide bonds. The van der Waals surface area contributed by atoms with Crippen molar-refractivity contribution in [3.8, 4) is 0 Å². The Hall–Kier alpha value is -1.22. The summed E-state index contributed by atoms with van der Waals surface area (Å²) in [6, 6.07) is 3.67. The molecular weight excluding hydrogens is 212 g/mol. The van der Waals surface area contributed by atoms with Crippen molar-refractivity contribution in [3.05, 3.63) is 28.3 Å². The summed E-state index contributed by atoms with van der Waals surface area (Å²) in [4.78, 5) is 11.7. The second-order valence-corrected chi connectivity index (χ2v) is 4.33. The predicted octanol–water partition coefficient (Wildman–Crippen LogP) is 2.12. The van der Waals surface area contributed by atoms with Crippen molar-refractivity contribution in [2.45, 2.75) is 25.8 Å². The molecule has 1 aliphatic carbocycles. The van der Waals surface area contributed by atoms with Gasteiger partial charge in [-0.1, -0.05) is 11.6 Å². The summed E-state index contributed by atoms with van der Waals surface area (Å²) in [5.74, 6) is -0.0916. The van der Waals surface area contributed by atoms with Gasteiger partial charge in [0.25, 0.3) is 5.91 Å². The minimum absolute atomic E-state index is 0.0916. The highest BCUT2D eigenvalue weighted by Crippen LogP contribution is 2.24. The van der Waals surface area contributed by atoms with Crippen molar-refractivity contribution in [2.75, 3.05) is 5.73 Å². The number of carbonyl (C=O) groups excluding carboxylic acids is 1. The van der Waals surface area contributed by atoms with Crippen molar-refractivity contribution in [1.82, 2.24) is 5.32 Å². The Morgan fingerprint density at radius 2 is 2.20 bits per heavy atom. The topological polar surface area (TPSA) is 55.1 Å². The summed E-state index contributed by atoms with van der Waals surface area (Å²) in [5.41, 5.74) is 7.66. The quantitative estimate of drug-likeness (QED) is 0.757. The molecule has 0 bridgehead atoms. The Balaban J connectivity index is 2.23. The van der Waals surface area contributed by atoms with Gasteiger partial charge in [-0.15, -0.1) is 0 Å². The van der Waals surface area contributed by atoms with Gasteiger partial charge in [0.15, 0.2) is 0 Å². The molecule has 1 aromatic carbocycles. The monoisotopic (exact) mass is 224 g/mol. The smallest absolute Gasteiger partial charge is 0.251 e. The summed E-state index contributed by atoms with van der Waals surface area (Å²) in [6.07, 6.45) is 2.14. The first-order chi connectivity index (χ1) is 7.08. The number of benzene rings is 1. The Bertz CT molecular complexity index is 390. The second kappa shape index (κ2) is 3.74. The van der Waals surface area contributed by atoms with Gasteiger partial charge in [-0.25, -0.2) is 0 Å². The number of halogens is 1. The predicted molar refractivity (Wildman–Crippen MR) is 61.1 cm³/mol. The molecule has 0 atom stereocenters. The van der Waals surface area contributed by atoms with Crippen molar-refractivity contribution < 1.29 is 4.79 Å². The van der Waals surface area contributed by atoms with Crippen molar-refractivity contribution >= 4 is 23.2 Å². The summed E-state index contributed by atoms with van der Waals surface area (Å²) < 4.78 is 0. The number of hydrogen-bond acceptors (Lipinski definition) is 2. The number of nitrogen functional groups attached to an aromatic ring is 1. The largest absolute Gasteiger partial charge is 0.398 e. The van der Waals surface area contributed by atoms with Crippen LogP contribution in [0.25, 0.3) is 0 Å². The molecule has 80 valence electrons. The van der Waals surface area contributed by atoms with Crippen LogP contribution in [0.15, 0.2) is 12.1 Å². The summed E-state index contributed by atoms with van der Waals surface area (Å²) >= 11 is 5.96. The third-order valence-electron chi connectivity index (χ3n) is 2.56. The molecule has 3 N–H and O–H groups in total. The average Bonchev–Trinajstić information content (AvgIpc) is 2.97. The molecule has 0 heterocycles. The average molecular weight is 225 g/mol. The minimum atomic E-state index is -0.0916. The first-order valence-corrected chi connectivity index (χ1v) is 5.32. The SMILES string of the molecule is Cc1c(N)cc(C(=O)NC2CC2)cc1Cl. The lowest BCUT2D eigenvalue weighted by atomic mass is 10.1. The van der Waals surface area contributed by atoms with E-state index in [2.05, 4.69) is 5.32 Å². The van der Waals surface area contributed by atoms with E-state index in [1.54, 1.807) is 12.1 Å². The maximum atomic E-state index is 11.7. The van der Waals surface area contributed by atoms with Gasteiger partial charge in [0.1, 0.15) is 0 Å². The maximum absolute atomic E-state index is 11.7. The van der Waals surface area contributed by atoms with E-state index in [9.17, 15) is 4.79 Å². The molecule has 1 saturated carbocycles. The van der Waals surface area contributed by atoms with Gasteiger partial charge in [0, 0.05) is 22.3 Å². The van der Waals surface area contributed by atoms with E-state index in [4.69, 9.17) is 17.3 Å². The lowest BCUT2D eigenvalue weighted by molar-refractivity contribution is 0.0951. The first-order valence-electron chi connectivity index (χ1n) is 4.94. The normalized spacial score (nSPS) is 15.1. The van der Waals surface area contributed by atoms with Crippen LogP contribution in [0.5, 0.6) is 0 Å². The molecule has 1 aromatic rings. The van der Waals surface area contributed by atoms with Crippen LogP contribution >= 0.6 is 11.6 Å². The Morgan fingerprint density at radius 1 is 1.53 bits per heavy atom. The lowest BCUT2D eigenvalue weighted by Crippen LogP contribution is -2.25. The lowest BCUT2D eigenvalue weighted by Gasteiger charge is -2.07. The standard InChI is InChI=1S/C11H13ClN2O/c1-6-9(12)4-7(5-10(6)13)11(15)14-8-2-3-8/h4-5,8H,2-3,13H2,1H3,(H,14,15). The van der Waals surface area contributed by atoms with E-state index in [-0.39, 0.29) is 5.91 Å².